The second-order valence-electron chi connectivity index (χ2n) is 4.19. The summed E-state index contributed by atoms with van der Waals surface area (Å²) in [6.45, 7) is 5.57. The molecular formula is C13H20ClNO2. The molecule has 0 aromatic heterocycles. The van der Waals surface area contributed by atoms with Crippen LogP contribution in [0, 0.1) is 0 Å². The van der Waals surface area contributed by atoms with Gasteiger partial charge < -0.3 is 14.7 Å². The lowest BCUT2D eigenvalue weighted by molar-refractivity contribution is 0.203. The van der Waals surface area contributed by atoms with Gasteiger partial charge in [-0.3, -0.25) is 0 Å². The van der Waals surface area contributed by atoms with Gasteiger partial charge in [-0.25, -0.2) is 0 Å². The van der Waals surface area contributed by atoms with E-state index in [2.05, 4.69) is 18.7 Å². The zero-order valence-corrected chi connectivity index (χ0v) is 11.4. The molecule has 0 unspecified atom stereocenters. The second-order valence-corrected chi connectivity index (χ2v) is 4.59. The zero-order chi connectivity index (χ0) is 12.8. The fourth-order valence-electron chi connectivity index (χ4n) is 1.83. The number of para-hydroxylation sites is 1. The molecule has 0 radical (unpaired) electrons. The molecule has 1 rings (SSSR count). The summed E-state index contributed by atoms with van der Waals surface area (Å²) in [6.07, 6.45) is 0. The highest BCUT2D eigenvalue weighted by atomic mass is 35.5. The fraction of sp³-hybridized carbons (Fsp3) is 0.538. The van der Waals surface area contributed by atoms with E-state index in [4.69, 9.17) is 16.3 Å². The minimum absolute atomic E-state index is 0.00784. The second kappa shape index (κ2) is 6.84. The average molecular weight is 258 g/mol. The highest BCUT2D eigenvalue weighted by molar-refractivity contribution is 6.33. The van der Waals surface area contributed by atoms with Crippen LogP contribution < -0.4 is 4.90 Å². The van der Waals surface area contributed by atoms with Crippen LogP contribution in [0.4, 0.5) is 5.69 Å². The number of rotatable bonds is 6. The van der Waals surface area contributed by atoms with Crippen LogP contribution in [0.25, 0.3) is 0 Å². The summed E-state index contributed by atoms with van der Waals surface area (Å²) in [4.78, 5) is 2.15. The molecule has 0 fully saturated rings. The molecule has 3 nitrogen and oxygen atoms in total. The Balaban J connectivity index is 3.07. The summed E-state index contributed by atoms with van der Waals surface area (Å²) in [5.74, 6) is 0. The van der Waals surface area contributed by atoms with Gasteiger partial charge in [0, 0.05) is 25.3 Å². The smallest absolute Gasteiger partial charge is 0.0702 e. The standard InChI is InChI=1S/C13H20ClNO2/c1-10(2)15(7-8-17-3)13-11(9-16)5-4-6-12(13)14/h4-6,10,16H,7-9H2,1-3H3. The molecule has 1 N–H and O–H groups in total. The van der Waals surface area contributed by atoms with Gasteiger partial charge in [-0.2, -0.15) is 0 Å². The number of aliphatic hydroxyl groups is 1. The van der Waals surface area contributed by atoms with Crippen LogP contribution in [0.3, 0.4) is 0 Å². The van der Waals surface area contributed by atoms with Gasteiger partial charge in [0.2, 0.25) is 0 Å². The van der Waals surface area contributed by atoms with E-state index in [0.717, 1.165) is 17.8 Å². The van der Waals surface area contributed by atoms with Gasteiger partial charge >= 0.3 is 0 Å². The molecule has 0 aliphatic carbocycles. The first-order valence-corrected chi connectivity index (χ1v) is 6.13. The number of benzene rings is 1. The van der Waals surface area contributed by atoms with Crippen molar-refractivity contribution in [1.29, 1.82) is 0 Å². The molecular weight excluding hydrogens is 238 g/mol. The van der Waals surface area contributed by atoms with Gasteiger partial charge in [0.25, 0.3) is 0 Å². The summed E-state index contributed by atoms with van der Waals surface area (Å²) in [5, 5.41) is 10.1. The Morgan fingerprint density at radius 2 is 2.12 bits per heavy atom. The zero-order valence-electron chi connectivity index (χ0n) is 10.6. The maximum absolute atomic E-state index is 9.38. The van der Waals surface area contributed by atoms with Crippen molar-refractivity contribution >= 4 is 17.3 Å². The largest absolute Gasteiger partial charge is 0.392 e. The van der Waals surface area contributed by atoms with Crippen molar-refractivity contribution in [3.8, 4) is 0 Å². The predicted octanol–water partition coefficient (Wildman–Crippen LogP) is 2.69. The van der Waals surface area contributed by atoms with Gasteiger partial charge in [-0.1, -0.05) is 23.7 Å². The highest BCUT2D eigenvalue weighted by Crippen LogP contribution is 2.31. The molecule has 0 aliphatic heterocycles. The average Bonchev–Trinajstić information content (AvgIpc) is 2.30. The lowest BCUT2D eigenvalue weighted by Gasteiger charge is -2.31. The summed E-state index contributed by atoms with van der Waals surface area (Å²) >= 11 is 6.23. The van der Waals surface area contributed by atoms with E-state index in [1.165, 1.54) is 0 Å². The molecule has 4 heteroatoms. The molecule has 0 spiro atoms. The van der Waals surface area contributed by atoms with Crippen LogP contribution in [-0.4, -0.2) is 31.4 Å². The van der Waals surface area contributed by atoms with Crippen molar-refractivity contribution in [2.75, 3.05) is 25.2 Å². The van der Waals surface area contributed by atoms with Crippen LogP contribution in [0.1, 0.15) is 19.4 Å². The SMILES string of the molecule is COCCN(c1c(Cl)cccc1CO)C(C)C. The lowest BCUT2D eigenvalue weighted by atomic mass is 10.1. The van der Waals surface area contributed by atoms with E-state index < -0.39 is 0 Å². The van der Waals surface area contributed by atoms with Crippen LogP contribution in [0.5, 0.6) is 0 Å². The monoisotopic (exact) mass is 257 g/mol. The Labute approximate surface area is 108 Å². The number of halogens is 1. The third-order valence-electron chi connectivity index (χ3n) is 2.69. The Morgan fingerprint density at radius 1 is 1.41 bits per heavy atom. The van der Waals surface area contributed by atoms with Crippen molar-refractivity contribution < 1.29 is 9.84 Å². The van der Waals surface area contributed by atoms with E-state index in [-0.39, 0.29) is 6.61 Å². The molecule has 0 bridgehead atoms. The Bertz CT molecular complexity index is 355. The Hall–Kier alpha value is -0.770. The first kappa shape index (κ1) is 14.3. The van der Waals surface area contributed by atoms with E-state index >= 15 is 0 Å². The first-order chi connectivity index (χ1) is 8.11. The number of ether oxygens (including phenoxy) is 1. The fourth-order valence-corrected chi connectivity index (χ4v) is 2.13. The van der Waals surface area contributed by atoms with E-state index in [0.29, 0.717) is 17.7 Å². The van der Waals surface area contributed by atoms with Crippen LogP contribution >= 0.6 is 11.6 Å². The quantitative estimate of drug-likeness (QED) is 0.851. The molecule has 0 amide bonds. The molecule has 0 heterocycles. The number of nitrogens with zero attached hydrogens (tertiary/aromatic N) is 1. The van der Waals surface area contributed by atoms with Crippen molar-refractivity contribution in [2.45, 2.75) is 26.5 Å². The maximum Gasteiger partial charge on any atom is 0.0702 e. The summed E-state index contributed by atoms with van der Waals surface area (Å²) in [6, 6.07) is 5.89. The third kappa shape index (κ3) is 3.60. The van der Waals surface area contributed by atoms with Gasteiger partial charge in [0.15, 0.2) is 0 Å². The van der Waals surface area contributed by atoms with Gasteiger partial charge in [-0.05, 0) is 19.9 Å². The van der Waals surface area contributed by atoms with Gasteiger partial charge in [0.1, 0.15) is 0 Å². The number of aliphatic hydroxyl groups excluding tert-OH is 1. The van der Waals surface area contributed by atoms with Crippen molar-refractivity contribution in [2.24, 2.45) is 0 Å². The third-order valence-corrected chi connectivity index (χ3v) is 2.99. The van der Waals surface area contributed by atoms with Crippen molar-refractivity contribution in [3.63, 3.8) is 0 Å². The van der Waals surface area contributed by atoms with Gasteiger partial charge in [0.05, 0.1) is 23.9 Å². The number of anilines is 1. The number of hydrogen-bond donors (Lipinski definition) is 1. The number of methoxy groups -OCH3 is 1. The Kier molecular flexibility index (Phi) is 5.75. The maximum atomic E-state index is 9.38. The first-order valence-electron chi connectivity index (χ1n) is 5.75. The van der Waals surface area contributed by atoms with Crippen molar-refractivity contribution in [1.82, 2.24) is 0 Å². The van der Waals surface area contributed by atoms with Crippen LogP contribution in [0.15, 0.2) is 18.2 Å². The molecule has 17 heavy (non-hydrogen) atoms. The minimum Gasteiger partial charge on any atom is -0.392 e. The molecule has 0 saturated carbocycles. The topological polar surface area (TPSA) is 32.7 Å². The molecule has 0 aliphatic rings. The van der Waals surface area contributed by atoms with Gasteiger partial charge in [-0.15, -0.1) is 0 Å². The summed E-state index contributed by atoms with van der Waals surface area (Å²) in [7, 11) is 1.68. The molecule has 0 atom stereocenters. The van der Waals surface area contributed by atoms with E-state index in [9.17, 15) is 5.11 Å². The molecule has 1 aromatic carbocycles. The Morgan fingerprint density at radius 3 is 2.65 bits per heavy atom. The summed E-state index contributed by atoms with van der Waals surface area (Å²) in [5.41, 5.74) is 1.76. The normalized spacial score (nSPS) is 10.9. The van der Waals surface area contributed by atoms with E-state index in [1.54, 1.807) is 7.11 Å². The van der Waals surface area contributed by atoms with Crippen molar-refractivity contribution in [3.05, 3.63) is 28.8 Å². The molecule has 0 saturated heterocycles. The summed E-state index contributed by atoms with van der Waals surface area (Å²) < 4.78 is 5.11. The van der Waals surface area contributed by atoms with Crippen LogP contribution in [0.2, 0.25) is 5.02 Å². The minimum atomic E-state index is -0.00784. The molecule has 96 valence electrons. The van der Waals surface area contributed by atoms with Crippen LogP contribution in [-0.2, 0) is 11.3 Å². The lowest BCUT2D eigenvalue weighted by Crippen LogP contribution is -2.34. The highest BCUT2D eigenvalue weighted by Gasteiger charge is 2.16. The predicted molar refractivity (Wildman–Crippen MR) is 71.7 cm³/mol. The number of hydrogen-bond acceptors (Lipinski definition) is 3. The van der Waals surface area contributed by atoms with E-state index in [1.807, 2.05) is 18.2 Å². The molecule has 1 aromatic rings.